The Morgan fingerprint density at radius 2 is 1.65 bits per heavy atom. The number of aryl methyl sites for hydroxylation is 3. The summed E-state index contributed by atoms with van der Waals surface area (Å²) in [6, 6.07) is 8.56. The number of aliphatic carboxylic acids is 1. The summed E-state index contributed by atoms with van der Waals surface area (Å²) < 4.78 is 34.6. The summed E-state index contributed by atoms with van der Waals surface area (Å²) >= 11 is 0. The summed E-state index contributed by atoms with van der Waals surface area (Å²) in [4.78, 5) is 42.9. The van der Waals surface area contributed by atoms with Gasteiger partial charge in [0.2, 0.25) is 5.91 Å². The molecule has 0 aliphatic carbocycles. The van der Waals surface area contributed by atoms with Gasteiger partial charge in [0, 0.05) is 24.8 Å². The van der Waals surface area contributed by atoms with Crippen LogP contribution in [0.4, 0.5) is 8.78 Å². The lowest BCUT2D eigenvalue weighted by atomic mass is 9.90. The summed E-state index contributed by atoms with van der Waals surface area (Å²) in [7, 11) is 1.57. The molecule has 230 valence electrons. The number of hydrogen-bond donors (Lipinski definition) is 3. The molecule has 1 heterocycles. The Hall–Kier alpha value is -4.18. The smallest absolute Gasteiger partial charge is 0.305 e. The van der Waals surface area contributed by atoms with Crippen LogP contribution in [0.15, 0.2) is 42.5 Å². The van der Waals surface area contributed by atoms with Crippen LogP contribution in [0.1, 0.15) is 71.2 Å². The van der Waals surface area contributed by atoms with Crippen LogP contribution in [0.2, 0.25) is 0 Å². The molecule has 10 heteroatoms. The van der Waals surface area contributed by atoms with Crippen molar-refractivity contribution in [2.75, 3.05) is 13.7 Å². The molecular weight excluding hydrogens is 556 g/mol. The number of carbonyl (C=O) groups is 3. The van der Waals surface area contributed by atoms with Crippen molar-refractivity contribution >= 4 is 17.8 Å². The van der Waals surface area contributed by atoms with E-state index in [1.165, 1.54) is 24.3 Å². The number of halogens is 2. The van der Waals surface area contributed by atoms with Gasteiger partial charge in [0.05, 0.1) is 19.1 Å². The summed E-state index contributed by atoms with van der Waals surface area (Å²) in [5.74, 6) is -3.54. The molecule has 43 heavy (non-hydrogen) atoms. The van der Waals surface area contributed by atoms with Crippen molar-refractivity contribution in [3.63, 3.8) is 0 Å². The molecule has 2 aromatic carbocycles. The summed E-state index contributed by atoms with van der Waals surface area (Å²) in [6.07, 6.45) is 0.153. The summed E-state index contributed by atoms with van der Waals surface area (Å²) in [5, 5.41) is 15.1. The van der Waals surface area contributed by atoms with Gasteiger partial charge in [-0.15, -0.1) is 0 Å². The molecule has 0 spiro atoms. The van der Waals surface area contributed by atoms with E-state index in [4.69, 9.17) is 4.74 Å². The molecule has 0 fully saturated rings. The van der Waals surface area contributed by atoms with E-state index >= 15 is 4.39 Å². The number of carboxylic acid groups (broad SMARTS) is 1. The monoisotopic (exact) mass is 595 g/mol. The standard InChI is InChI=1S/C33H39F2N3O5/c1-18(2)12-28(38-32(41)26-9-7-8-24(36-26)10-11-43-6)33(42)37-27(17-29(39)40)25-16-22(13-21(5)31(25)35)30-19(3)14-23(34)15-20(30)4/h7-9,13-16,18,27-28H,10-12,17H2,1-6H3,(H,37,42)(H,38,41)(H,39,40)/t27-,28-/m0/s1. The van der Waals surface area contributed by atoms with Crippen molar-refractivity contribution in [1.82, 2.24) is 15.6 Å². The first kappa shape index (κ1) is 33.3. The van der Waals surface area contributed by atoms with Gasteiger partial charge in [-0.3, -0.25) is 14.4 Å². The fourth-order valence-corrected chi connectivity index (χ4v) is 5.13. The zero-order valence-electron chi connectivity index (χ0n) is 25.4. The largest absolute Gasteiger partial charge is 0.481 e. The van der Waals surface area contributed by atoms with Crippen LogP contribution in [-0.2, 0) is 20.7 Å². The van der Waals surface area contributed by atoms with E-state index in [1.54, 1.807) is 46.1 Å². The predicted molar refractivity (Wildman–Crippen MR) is 160 cm³/mol. The normalized spacial score (nSPS) is 12.6. The van der Waals surface area contributed by atoms with E-state index in [0.717, 1.165) is 0 Å². The molecule has 2 amide bonds. The van der Waals surface area contributed by atoms with Crippen molar-refractivity contribution in [2.45, 2.75) is 66.0 Å². The highest BCUT2D eigenvalue weighted by Gasteiger charge is 2.29. The average Bonchev–Trinajstić information content (AvgIpc) is 2.92. The number of hydrogen-bond acceptors (Lipinski definition) is 5. The number of aromatic nitrogens is 1. The highest BCUT2D eigenvalue weighted by atomic mass is 19.1. The number of nitrogens with zero attached hydrogens (tertiary/aromatic N) is 1. The van der Waals surface area contributed by atoms with Crippen molar-refractivity contribution in [1.29, 1.82) is 0 Å². The highest BCUT2D eigenvalue weighted by molar-refractivity contribution is 5.96. The molecule has 3 rings (SSSR count). The SMILES string of the molecule is COCCc1cccc(C(=O)N[C@@H](CC(C)C)C(=O)N[C@@H](CC(=O)O)c2cc(-c3c(C)cc(F)cc3C)cc(C)c2F)n1. The number of benzene rings is 2. The molecular formula is C33H39F2N3O5. The minimum Gasteiger partial charge on any atom is -0.481 e. The van der Waals surface area contributed by atoms with Gasteiger partial charge in [-0.25, -0.2) is 13.8 Å². The van der Waals surface area contributed by atoms with Crippen molar-refractivity contribution in [3.05, 3.63) is 87.7 Å². The number of carbonyl (C=O) groups excluding carboxylic acids is 2. The number of ether oxygens (including phenoxy) is 1. The van der Waals surface area contributed by atoms with E-state index in [1.807, 2.05) is 13.8 Å². The second-order valence-electron chi connectivity index (χ2n) is 11.2. The van der Waals surface area contributed by atoms with Crippen molar-refractivity contribution < 1.29 is 33.0 Å². The third kappa shape index (κ3) is 8.90. The van der Waals surface area contributed by atoms with E-state index in [9.17, 15) is 23.9 Å². The van der Waals surface area contributed by atoms with Gasteiger partial charge in [-0.2, -0.15) is 0 Å². The van der Waals surface area contributed by atoms with E-state index in [0.29, 0.717) is 41.0 Å². The van der Waals surface area contributed by atoms with Crippen LogP contribution in [0, 0.1) is 38.3 Å². The topological polar surface area (TPSA) is 118 Å². The molecule has 0 bridgehead atoms. The third-order valence-corrected chi connectivity index (χ3v) is 7.07. The minimum absolute atomic E-state index is 0.0123. The van der Waals surface area contributed by atoms with Gasteiger partial charge in [0.15, 0.2) is 0 Å². The number of carboxylic acids is 1. The Bertz CT molecular complexity index is 1470. The molecule has 0 unspecified atom stereocenters. The fraction of sp³-hybridized carbons (Fsp3) is 0.394. The second kappa shape index (κ2) is 14.8. The lowest BCUT2D eigenvalue weighted by molar-refractivity contribution is -0.137. The summed E-state index contributed by atoms with van der Waals surface area (Å²) in [5.41, 5.74) is 3.52. The lowest BCUT2D eigenvalue weighted by Gasteiger charge is -2.25. The van der Waals surface area contributed by atoms with Crippen LogP contribution in [0.25, 0.3) is 11.1 Å². The highest BCUT2D eigenvalue weighted by Crippen LogP contribution is 2.34. The van der Waals surface area contributed by atoms with Gasteiger partial charge in [0.1, 0.15) is 23.4 Å². The first-order valence-electron chi connectivity index (χ1n) is 14.2. The molecule has 0 saturated carbocycles. The van der Waals surface area contributed by atoms with Gasteiger partial charge < -0.3 is 20.5 Å². The van der Waals surface area contributed by atoms with Crippen LogP contribution in [0.5, 0.6) is 0 Å². The van der Waals surface area contributed by atoms with Crippen LogP contribution in [-0.4, -0.2) is 47.6 Å². The first-order valence-corrected chi connectivity index (χ1v) is 14.2. The van der Waals surface area contributed by atoms with Gasteiger partial charge >= 0.3 is 5.97 Å². The van der Waals surface area contributed by atoms with Crippen molar-refractivity contribution in [2.24, 2.45) is 5.92 Å². The van der Waals surface area contributed by atoms with E-state index < -0.39 is 47.9 Å². The van der Waals surface area contributed by atoms with E-state index in [2.05, 4.69) is 15.6 Å². The average molecular weight is 596 g/mol. The Labute approximate surface area is 250 Å². The molecule has 3 N–H and O–H groups in total. The summed E-state index contributed by atoms with van der Waals surface area (Å²) in [6.45, 7) is 9.21. The molecule has 0 aliphatic rings. The maximum atomic E-state index is 15.6. The van der Waals surface area contributed by atoms with Crippen LogP contribution in [0.3, 0.4) is 0 Å². The van der Waals surface area contributed by atoms with E-state index in [-0.39, 0.29) is 29.2 Å². The molecule has 3 aromatic rings. The van der Waals surface area contributed by atoms with Crippen LogP contribution >= 0.6 is 0 Å². The Kier molecular flexibility index (Phi) is 11.5. The molecule has 0 radical (unpaired) electrons. The van der Waals surface area contributed by atoms with Crippen LogP contribution < -0.4 is 10.6 Å². The minimum atomic E-state index is -1.25. The molecule has 8 nitrogen and oxygen atoms in total. The quantitative estimate of drug-likeness (QED) is 0.236. The second-order valence-corrected chi connectivity index (χ2v) is 11.2. The molecule has 0 aliphatic heterocycles. The van der Waals surface area contributed by atoms with Crippen molar-refractivity contribution in [3.8, 4) is 11.1 Å². The maximum absolute atomic E-state index is 15.6. The third-order valence-electron chi connectivity index (χ3n) is 7.07. The first-order chi connectivity index (χ1) is 20.3. The number of amides is 2. The Morgan fingerprint density at radius 3 is 2.26 bits per heavy atom. The molecule has 1 aromatic heterocycles. The van der Waals surface area contributed by atoms with Gasteiger partial charge in [0.25, 0.3) is 5.91 Å². The number of rotatable bonds is 13. The lowest BCUT2D eigenvalue weighted by Crippen LogP contribution is -2.48. The number of methoxy groups -OCH3 is 1. The van der Waals surface area contributed by atoms with Gasteiger partial charge in [-0.05, 0) is 97.3 Å². The zero-order chi connectivity index (χ0) is 31.8. The predicted octanol–water partition coefficient (Wildman–Crippen LogP) is 5.62. The fourth-order valence-electron chi connectivity index (χ4n) is 5.13. The molecule has 2 atom stereocenters. The maximum Gasteiger partial charge on any atom is 0.305 e. The zero-order valence-corrected chi connectivity index (χ0v) is 25.4. The Balaban J connectivity index is 1.95. The Morgan fingerprint density at radius 1 is 0.977 bits per heavy atom. The number of nitrogens with one attached hydrogen (secondary N) is 2. The molecule has 0 saturated heterocycles. The number of pyridine rings is 1. The van der Waals surface area contributed by atoms with Gasteiger partial charge in [-0.1, -0.05) is 19.9 Å².